The Morgan fingerprint density at radius 1 is 1.09 bits per heavy atom. The molecular weight excluding hydrogens is 590 g/mol. The number of aldehydes is 1. The molecule has 4 nitrogen and oxygen atoms in total. The Morgan fingerprint density at radius 2 is 1.63 bits per heavy atom. The Kier molecular flexibility index (Phi) is 40.1. The molecule has 1 atom stereocenters. The van der Waals surface area contributed by atoms with Crippen LogP contribution in [0.1, 0.15) is 152 Å². The summed E-state index contributed by atoms with van der Waals surface area (Å²) in [7, 11) is 0. The summed E-state index contributed by atoms with van der Waals surface area (Å²) in [4.78, 5) is 15.1. The maximum Gasteiger partial charge on any atom is 0.131 e. The van der Waals surface area contributed by atoms with Crippen LogP contribution in [0.3, 0.4) is 0 Å². The number of nitrogens with one attached hydrogen (secondary N) is 1. The Labute approximate surface area is 291 Å². The van der Waals surface area contributed by atoms with Crippen molar-refractivity contribution in [3.05, 3.63) is 54.0 Å². The molecule has 1 aliphatic rings. The first-order valence-corrected chi connectivity index (χ1v) is 18.8. The van der Waals surface area contributed by atoms with Crippen molar-refractivity contribution in [1.82, 2.24) is 9.62 Å². The van der Waals surface area contributed by atoms with Gasteiger partial charge < -0.3 is 4.79 Å². The predicted octanol–water partition coefficient (Wildman–Crippen LogP) is 12.5. The van der Waals surface area contributed by atoms with Crippen molar-refractivity contribution in [2.24, 2.45) is 10.9 Å². The normalized spacial score (nSPS) is 13.3. The Hall–Kier alpha value is -1.76. The first kappa shape index (κ1) is 51.1. The number of carbonyl (C=O) groups is 1. The molecule has 0 aliphatic carbocycles. The zero-order chi connectivity index (χ0) is 36.4. The van der Waals surface area contributed by atoms with E-state index in [1.54, 1.807) is 12.3 Å². The molecule has 1 unspecified atom stereocenters. The van der Waals surface area contributed by atoms with Crippen molar-refractivity contribution in [3.8, 4) is 0 Å². The average molecular weight is 666 g/mol. The minimum Gasteiger partial charge on any atom is -0.304 e. The zero-order valence-electron chi connectivity index (χ0n) is 32.6. The van der Waals surface area contributed by atoms with Crippen molar-refractivity contribution in [2.45, 2.75) is 159 Å². The molecule has 2 rings (SSSR count). The van der Waals surface area contributed by atoms with Crippen LogP contribution in [0, 0.1) is 18.7 Å². The van der Waals surface area contributed by atoms with E-state index >= 15 is 0 Å². The highest BCUT2D eigenvalue weighted by atomic mass is 32.2. The van der Waals surface area contributed by atoms with Crippen LogP contribution in [-0.4, -0.2) is 48.3 Å². The van der Waals surface area contributed by atoms with E-state index in [1.807, 2.05) is 51.8 Å². The zero-order valence-corrected chi connectivity index (χ0v) is 33.4. The van der Waals surface area contributed by atoms with E-state index in [1.165, 1.54) is 83.2 Å². The maximum absolute atomic E-state index is 13.3. The molecule has 0 amide bonds. The number of likely N-dealkylation sites (tertiary alicyclic amines) is 1. The summed E-state index contributed by atoms with van der Waals surface area (Å²) >= 11 is 1.83. The number of rotatable bonds is 13. The first-order valence-electron chi connectivity index (χ1n) is 17.8. The molecule has 46 heavy (non-hydrogen) atoms. The fraction of sp³-hybridized carbons (Fsp3) is 0.700. The molecular formula is C40H76FN3OS. The molecule has 0 saturated carbocycles. The van der Waals surface area contributed by atoms with Crippen molar-refractivity contribution in [1.29, 1.82) is 0 Å². The molecule has 0 bridgehead atoms. The molecule has 1 aromatic carbocycles. The van der Waals surface area contributed by atoms with Gasteiger partial charge in [-0.25, -0.2) is 4.39 Å². The molecule has 0 spiro atoms. The number of unbranched alkanes of at least 4 members (excludes halogenated alkanes) is 1. The summed E-state index contributed by atoms with van der Waals surface area (Å²) in [5.74, 6) is 1.81. The number of allylic oxidation sites excluding steroid dienone is 1. The fourth-order valence-corrected chi connectivity index (χ4v) is 5.30. The highest BCUT2D eigenvalue weighted by Crippen LogP contribution is 2.24. The fourth-order valence-electron chi connectivity index (χ4n) is 4.21. The van der Waals surface area contributed by atoms with Crippen molar-refractivity contribution in [2.75, 3.05) is 18.8 Å². The highest BCUT2D eigenvalue weighted by Gasteiger charge is 2.26. The van der Waals surface area contributed by atoms with E-state index in [9.17, 15) is 4.39 Å². The predicted molar refractivity (Wildman–Crippen MR) is 212 cm³/mol. The minimum absolute atomic E-state index is 0.211. The Balaban J connectivity index is -0.000000254. The van der Waals surface area contributed by atoms with E-state index in [-0.39, 0.29) is 5.82 Å². The van der Waals surface area contributed by atoms with Crippen LogP contribution < -0.4 is 4.72 Å². The van der Waals surface area contributed by atoms with Gasteiger partial charge in [0.05, 0.1) is 0 Å². The van der Waals surface area contributed by atoms with Gasteiger partial charge in [0, 0.05) is 29.1 Å². The van der Waals surface area contributed by atoms with E-state index in [0.717, 1.165) is 29.8 Å². The van der Waals surface area contributed by atoms with E-state index in [2.05, 4.69) is 83.3 Å². The number of halogens is 1. The number of hydrogen-bond acceptors (Lipinski definition) is 5. The van der Waals surface area contributed by atoms with Gasteiger partial charge in [-0.2, -0.15) is 0 Å². The molecule has 1 N–H and O–H groups in total. The van der Waals surface area contributed by atoms with Gasteiger partial charge >= 0.3 is 0 Å². The van der Waals surface area contributed by atoms with Crippen molar-refractivity contribution >= 4 is 30.5 Å². The number of aliphatic imine (C=N–C) groups is 1. The lowest BCUT2D eigenvalue weighted by Crippen LogP contribution is -2.46. The summed E-state index contributed by atoms with van der Waals surface area (Å²) in [5.41, 5.74) is 2.74. The van der Waals surface area contributed by atoms with E-state index in [0.29, 0.717) is 17.1 Å². The van der Waals surface area contributed by atoms with Crippen LogP contribution in [0.25, 0.3) is 5.57 Å². The summed E-state index contributed by atoms with van der Waals surface area (Å²) in [6.45, 7) is 36.9. The van der Waals surface area contributed by atoms with Gasteiger partial charge in [-0.05, 0) is 117 Å². The number of aryl methyl sites for hydroxylation is 1. The largest absolute Gasteiger partial charge is 0.304 e. The van der Waals surface area contributed by atoms with Crippen molar-refractivity contribution in [3.63, 3.8) is 0 Å². The van der Waals surface area contributed by atoms with Crippen LogP contribution >= 0.6 is 11.9 Å². The molecule has 270 valence electrons. The second-order valence-electron chi connectivity index (χ2n) is 12.4. The van der Waals surface area contributed by atoms with Crippen LogP contribution in [-0.2, 0) is 4.79 Å². The third-order valence-electron chi connectivity index (χ3n) is 7.01. The summed E-state index contributed by atoms with van der Waals surface area (Å²) in [6.07, 6.45) is 16.1. The minimum atomic E-state index is -0.211. The van der Waals surface area contributed by atoms with Gasteiger partial charge in [-0.3, -0.25) is 14.6 Å². The summed E-state index contributed by atoms with van der Waals surface area (Å²) in [5, 5.41) is 0. The monoisotopic (exact) mass is 666 g/mol. The number of benzene rings is 1. The lowest BCUT2D eigenvalue weighted by Gasteiger charge is -2.41. The SMILES string of the molecule is C=CCC(C)NSCCC(C)C.C=N/C=C(\C)c1ccc(C)cc1F.CC.CC=O.CCCC.CCCC(C)(C)N1CCCCC1. The van der Waals surface area contributed by atoms with Gasteiger partial charge in [-0.15, -0.1) is 6.58 Å². The van der Waals surface area contributed by atoms with Gasteiger partial charge in [0.2, 0.25) is 0 Å². The second kappa shape index (κ2) is 36.1. The van der Waals surface area contributed by atoms with Crippen LogP contribution in [0.5, 0.6) is 0 Å². The molecule has 1 heterocycles. The third-order valence-corrected chi connectivity index (χ3v) is 8.02. The van der Waals surface area contributed by atoms with Gasteiger partial charge in [0.1, 0.15) is 12.1 Å². The topological polar surface area (TPSA) is 44.7 Å². The third kappa shape index (κ3) is 32.2. The quantitative estimate of drug-likeness (QED) is 0.0749. The molecule has 6 heteroatoms. The lowest BCUT2D eigenvalue weighted by molar-refractivity contribution is -0.106. The molecule has 0 aromatic heterocycles. The smallest absolute Gasteiger partial charge is 0.131 e. The second-order valence-corrected chi connectivity index (χ2v) is 13.3. The average Bonchev–Trinajstić information content (AvgIpc) is 3.02. The molecule has 1 aromatic rings. The Bertz CT molecular complexity index is 862. The molecule has 0 radical (unpaired) electrons. The standard InChI is InChI=1S/C11H12FN.C11H23N.C10H21NS.C4H10.C2H4O.C2H6/c1-8-4-5-10(11(12)6-8)9(2)7-13-3;1-4-8-11(2,3)12-9-6-5-7-10-12;1-5-6-10(4)11-12-8-7-9(2)3;1-3-4-2;1-2-3;1-2/h4-7H,3H2,1-2H3;4-10H2,1-3H3;5,9-11H,1,6-8H2,2-4H3;3-4H2,1-2H3;2H,1H3;1-2H3/b9-7+;;;;;. The highest BCUT2D eigenvalue weighted by molar-refractivity contribution is 7.97. The first-order chi connectivity index (χ1) is 21.8. The lowest BCUT2D eigenvalue weighted by atomic mass is 9.94. The van der Waals surface area contributed by atoms with Crippen LogP contribution in [0.2, 0.25) is 0 Å². The van der Waals surface area contributed by atoms with Crippen LogP contribution in [0.4, 0.5) is 4.39 Å². The number of hydrogen-bond donors (Lipinski definition) is 1. The maximum atomic E-state index is 13.3. The van der Waals surface area contributed by atoms with E-state index in [4.69, 9.17) is 4.79 Å². The van der Waals surface area contributed by atoms with Gasteiger partial charge in [-0.1, -0.05) is 104 Å². The van der Waals surface area contributed by atoms with Crippen LogP contribution in [0.15, 0.2) is 42.0 Å². The van der Waals surface area contributed by atoms with Gasteiger partial charge in [0.15, 0.2) is 0 Å². The van der Waals surface area contributed by atoms with E-state index < -0.39 is 0 Å². The molecule has 1 fully saturated rings. The Morgan fingerprint density at radius 3 is 2.04 bits per heavy atom. The van der Waals surface area contributed by atoms with Crippen molar-refractivity contribution < 1.29 is 9.18 Å². The molecule has 1 aliphatic heterocycles. The summed E-state index contributed by atoms with van der Waals surface area (Å²) in [6, 6.07) is 5.69. The number of piperidine rings is 1. The van der Waals surface area contributed by atoms with Gasteiger partial charge in [0.25, 0.3) is 0 Å². The summed E-state index contributed by atoms with van der Waals surface area (Å²) < 4.78 is 16.7. The molecule has 1 saturated heterocycles. The number of carbonyl (C=O) groups excluding carboxylic acids is 1. The number of nitrogens with zero attached hydrogens (tertiary/aromatic N) is 2.